The maximum Gasteiger partial charge on any atom is 0.254 e. The molecule has 0 aliphatic carbocycles. The molecule has 1 N–H and O–H groups in total. The number of hydrogen-bond acceptors (Lipinski definition) is 1. The van der Waals surface area contributed by atoms with E-state index in [1.807, 2.05) is 0 Å². The monoisotopic (exact) mass is 339 g/mol. The molecular formula is C15H12BrF2NO. The summed E-state index contributed by atoms with van der Waals surface area (Å²) >= 11 is 3.27. The lowest BCUT2D eigenvalue weighted by Gasteiger charge is -2.08. The van der Waals surface area contributed by atoms with Gasteiger partial charge in [0.05, 0.1) is 5.56 Å². The van der Waals surface area contributed by atoms with Crippen LogP contribution < -0.4 is 5.32 Å². The normalized spacial score (nSPS) is 10.4. The van der Waals surface area contributed by atoms with Gasteiger partial charge in [-0.2, -0.15) is 0 Å². The molecule has 5 heteroatoms. The molecule has 0 spiro atoms. The molecule has 0 radical (unpaired) electrons. The Morgan fingerprint density at radius 1 is 1.20 bits per heavy atom. The standard InChI is InChI=1S/C15H12BrF2NO/c1-9-2-4-12(14(18)6-9)15(20)19-8-10-7-11(17)3-5-13(10)16/h2-7H,8H2,1H3,(H,19,20). The third kappa shape index (κ3) is 3.42. The molecule has 20 heavy (non-hydrogen) atoms. The molecule has 104 valence electrons. The number of rotatable bonds is 3. The van der Waals surface area contributed by atoms with Crippen LogP contribution in [0.3, 0.4) is 0 Å². The van der Waals surface area contributed by atoms with E-state index in [0.717, 1.165) is 5.56 Å². The van der Waals surface area contributed by atoms with E-state index in [0.29, 0.717) is 10.0 Å². The minimum atomic E-state index is -0.569. The first kappa shape index (κ1) is 14.7. The molecule has 0 aromatic heterocycles. The van der Waals surface area contributed by atoms with Crippen molar-refractivity contribution in [2.45, 2.75) is 13.5 Å². The highest BCUT2D eigenvalue weighted by Gasteiger charge is 2.12. The molecule has 0 aliphatic heterocycles. The van der Waals surface area contributed by atoms with Crippen molar-refractivity contribution in [2.75, 3.05) is 0 Å². The molecule has 0 saturated heterocycles. The molecule has 2 rings (SSSR count). The highest BCUT2D eigenvalue weighted by Crippen LogP contribution is 2.18. The van der Waals surface area contributed by atoms with E-state index in [4.69, 9.17) is 0 Å². The number of halogens is 3. The highest BCUT2D eigenvalue weighted by atomic mass is 79.9. The minimum absolute atomic E-state index is 0.0249. The van der Waals surface area contributed by atoms with Crippen LogP contribution in [-0.4, -0.2) is 5.91 Å². The van der Waals surface area contributed by atoms with Crippen LogP contribution in [-0.2, 0) is 6.54 Å². The van der Waals surface area contributed by atoms with Gasteiger partial charge in [0.1, 0.15) is 11.6 Å². The summed E-state index contributed by atoms with van der Waals surface area (Å²) in [6.07, 6.45) is 0. The summed E-state index contributed by atoms with van der Waals surface area (Å²) in [4.78, 5) is 11.9. The van der Waals surface area contributed by atoms with Gasteiger partial charge in [0.2, 0.25) is 0 Å². The number of aryl methyl sites for hydroxylation is 1. The molecule has 2 aromatic rings. The third-order valence-corrected chi connectivity index (χ3v) is 3.59. The van der Waals surface area contributed by atoms with E-state index in [1.165, 1.54) is 24.3 Å². The maximum absolute atomic E-state index is 13.6. The van der Waals surface area contributed by atoms with Crippen LogP contribution in [0, 0.1) is 18.6 Å². The number of carbonyl (C=O) groups excluding carboxylic acids is 1. The third-order valence-electron chi connectivity index (χ3n) is 2.82. The van der Waals surface area contributed by atoms with Gasteiger partial charge in [-0.25, -0.2) is 8.78 Å². The van der Waals surface area contributed by atoms with E-state index >= 15 is 0 Å². The summed E-state index contributed by atoms with van der Waals surface area (Å²) < 4.78 is 27.4. The summed E-state index contributed by atoms with van der Waals surface area (Å²) in [5.74, 6) is -1.49. The van der Waals surface area contributed by atoms with Crippen LogP contribution >= 0.6 is 15.9 Å². The first-order valence-electron chi connectivity index (χ1n) is 5.95. The summed E-state index contributed by atoms with van der Waals surface area (Å²) in [7, 11) is 0. The quantitative estimate of drug-likeness (QED) is 0.900. The fourth-order valence-corrected chi connectivity index (χ4v) is 2.14. The van der Waals surface area contributed by atoms with Gasteiger partial charge in [-0.05, 0) is 48.4 Å². The van der Waals surface area contributed by atoms with Gasteiger partial charge in [-0.1, -0.05) is 22.0 Å². The van der Waals surface area contributed by atoms with Crippen LogP contribution in [0.25, 0.3) is 0 Å². The SMILES string of the molecule is Cc1ccc(C(=O)NCc2cc(F)ccc2Br)c(F)c1. The summed E-state index contributed by atoms with van der Waals surface area (Å²) in [5.41, 5.74) is 1.31. The summed E-state index contributed by atoms with van der Waals surface area (Å²) in [6.45, 7) is 1.86. The molecule has 0 aliphatic rings. The average Bonchev–Trinajstić information content (AvgIpc) is 2.39. The molecule has 2 aromatic carbocycles. The lowest BCUT2D eigenvalue weighted by atomic mass is 10.1. The van der Waals surface area contributed by atoms with E-state index < -0.39 is 11.7 Å². The Morgan fingerprint density at radius 3 is 2.65 bits per heavy atom. The number of amides is 1. The van der Waals surface area contributed by atoms with E-state index in [9.17, 15) is 13.6 Å². The van der Waals surface area contributed by atoms with Crippen LogP contribution in [0.4, 0.5) is 8.78 Å². The molecule has 0 unspecified atom stereocenters. The topological polar surface area (TPSA) is 29.1 Å². The molecule has 0 bridgehead atoms. The number of hydrogen-bond donors (Lipinski definition) is 1. The first-order chi connectivity index (χ1) is 9.47. The van der Waals surface area contributed by atoms with Gasteiger partial charge in [-0.15, -0.1) is 0 Å². The maximum atomic E-state index is 13.6. The van der Waals surface area contributed by atoms with Crippen molar-refractivity contribution in [3.63, 3.8) is 0 Å². The van der Waals surface area contributed by atoms with Gasteiger partial charge in [0.25, 0.3) is 5.91 Å². The average molecular weight is 340 g/mol. The van der Waals surface area contributed by atoms with Crippen molar-refractivity contribution in [3.05, 3.63) is 69.2 Å². The van der Waals surface area contributed by atoms with Crippen LogP contribution in [0.5, 0.6) is 0 Å². The minimum Gasteiger partial charge on any atom is -0.348 e. The Bertz CT molecular complexity index is 658. The Labute approximate surface area is 123 Å². The molecular weight excluding hydrogens is 328 g/mol. The molecule has 0 fully saturated rings. The van der Waals surface area contributed by atoms with E-state index in [-0.39, 0.29) is 17.9 Å². The Hall–Kier alpha value is -1.75. The second-order valence-electron chi connectivity index (χ2n) is 4.40. The second-order valence-corrected chi connectivity index (χ2v) is 5.26. The number of nitrogens with one attached hydrogen (secondary N) is 1. The molecule has 1 amide bonds. The second kappa shape index (κ2) is 6.13. The van der Waals surface area contributed by atoms with Crippen LogP contribution in [0.15, 0.2) is 40.9 Å². The number of carbonyl (C=O) groups is 1. The predicted molar refractivity (Wildman–Crippen MR) is 76.4 cm³/mol. The zero-order valence-electron chi connectivity index (χ0n) is 10.7. The van der Waals surface area contributed by atoms with Crippen molar-refractivity contribution in [2.24, 2.45) is 0 Å². The van der Waals surface area contributed by atoms with Crippen molar-refractivity contribution < 1.29 is 13.6 Å². The lowest BCUT2D eigenvalue weighted by molar-refractivity contribution is 0.0946. The zero-order chi connectivity index (χ0) is 14.7. The lowest BCUT2D eigenvalue weighted by Crippen LogP contribution is -2.24. The fraction of sp³-hybridized carbons (Fsp3) is 0.133. The Morgan fingerprint density at radius 2 is 1.95 bits per heavy atom. The van der Waals surface area contributed by atoms with Crippen molar-refractivity contribution >= 4 is 21.8 Å². The van der Waals surface area contributed by atoms with Crippen LogP contribution in [0.2, 0.25) is 0 Å². The first-order valence-corrected chi connectivity index (χ1v) is 6.75. The van der Waals surface area contributed by atoms with Gasteiger partial charge in [-0.3, -0.25) is 4.79 Å². The summed E-state index contributed by atoms with van der Waals surface area (Å²) in [5, 5.41) is 2.57. The molecule has 0 atom stereocenters. The Kier molecular flexibility index (Phi) is 4.49. The van der Waals surface area contributed by atoms with Crippen molar-refractivity contribution in [1.29, 1.82) is 0 Å². The van der Waals surface area contributed by atoms with Crippen molar-refractivity contribution in [1.82, 2.24) is 5.32 Å². The van der Waals surface area contributed by atoms with Gasteiger partial charge >= 0.3 is 0 Å². The molecule has 0 heterocycles. The van der Waals surface area contributed by atoms with Crippen molar-refractivity contribution in [3.8, 4) is 0 Å². The largest absolute Gasteiger partial charge is 0.348 e. The fourth-order valence-electron chi connectivity index (χ4n) is 1.75. The summed E-state index contributed by atoms with van der Waals surface area (Å²) in [6, 6.07) is 8.58. The van der Waals surface area contributed by atoms with Gasteiger partial charge in [0, 0.05) is 11.0 Å². The van der Waals surface area contributed by atoms with Gasteiger partial charge in [0.15, 0.2) is 0 Å². The Balaban J connectivity index is 2.10. The van der Waals surface area contributed by atoms with Crippen LogP contribution in [0.1, 0.15) is 21.5 Å². The van der Waals surface area contributed by atoms with Gasteiger partial charge < -0.3 is 5.32 Å². The zero-order valence-corrected chi connectivity index (χ0v) is 12.3. The highest BCUT2D eigenvalue weighted by molar-refractivity contribution is 9.10. The number of benzene rings is 2. The predicted octanol–water partition coefficient (Wildman–Crippen LogP) is 3.97. The van der Waals surface area contributed by atoms with E-state index in [1.54, 1.807) is 19.1 Å². The van der Waals surface area contributed by atoms with E-state index in [2.05, 4.69) is 21.2 Å². The molecule has 2 nitrogen and oxygen atoms in total. The smallest absolute Gasteiger partial charge is 0.254 e. The molecule has 0 saturated carbocycles.